The lowest BCUT2D eigenvalue weighted by atomic mass is 10.2. The molecule has 0 spiro atoms. The Morgan fingerprint density at radius 3 is 2.37 bits per heavy atom. The molecule has 0 aromatic heterocycles. The SMILES string of the molecule is COc1ccccc1N(C(C)C(=O)NCC(F)(F)F)S(=O)(=O)c1ccc(Cl)c(Cl)c1. The molecule has 0 aliphatic rings. The van der Waals surface area contributed by atoms with Crippen molar-refractivity contribution in [2.75, 3.05) is 18.0 Å². The summed E-state index contributed by atoms with van der Waals surface area (Å²) in [6.45, 7) is -0.448. The highest BCUT2D eigenvalue weighted by molar-refractivity contribution is 7.93. The van der Waals surface area contributed by atoms with Crippen LogP contribution in [0.15, 0.2) is 47.4 Å². The molecule has 0 aliphatic carbocycles. The Hall–Kier alpha value is -2.17. The zero-order valence-corrected chi connectivity index (χ0v) is 18.0. The predicted octanol–water partition coefficient (Wildman–Crippen LogP) is 4.26. The number of hydrogen-bond acceptors (Lipinski definition) is 4. The average Bonchev–Trinajstić information content (AvgIpc) is 2.67. The van der Waals surface area contributed by atoms with Gasteiger partial charge >= 0.3 is 6.18 Å². The Bertz CT molecular complexity index is 1030. The van der Waals surface area contributed by atoms with Crippen molar-refractivity contribution < 1.29 is 31.1 Å². The van der Waals surface area contributed by atoms with Crippen molar-refractivity contribution in [2.24, 2.45) is 0 Å². The van der Waals surface area contributed by atoms with E-state index >= 15 is 0 Å². The monoisotopic (exact) mass is 484 g/mol. The van der Waals surface area contributed by atoms with Gasteiger partial charge in [-0.3, -0.25) is 9.10 Å². The van der Waals surface area contributed by atoms with Gasteiger partial charge in [-0.15, -0.1) is 0 Å². The predicted molar refractivity (Wildman–Crippen MR) is 108 cm³/mol. The van der Waals surface area contributed by atoms with Crippen molar-refractivity contribution in [3.8, 4) is 5.75 Å². The van der Waals surface area contributed by atoms with Crippen LogP contribution in [-0.4, -0.2) is 40.2 Å². The number of anilines is 1. The molecule has 30 heavy (non-hydrogen) atoms. The van der Waals surface area contributed by atoms with E-state index in [4.69, 9.17) is 27.9 Å². The molecular weight excluding hydrogens is 468 g/mol. The fourth-order valence-corrected chi connectivity index (χ4v) is 4.57. The first-order valence-corrected chi connectivity index (χ1v) is 10.5. The third-order valence-electron chi connectivity index (χ3n) is 3.96. The van der Waals surface area contributed by atoms with Crippen LogP contribution < -0.4 is 14.4 Å². The van der Waals surface area contributed by atoms with Gasteiger partial charge in [0.2, 0.25) is 5.91 Å². The summed E-state index contributed by atoms with van der Waals surface area (Å²) < 4.78 is 70.1. The van der Waals surface area contributed by atoms with Gasteiger partial charge in [-0.1, -0.05) is 35.3 Å². The van der Waals surface area contributed by atoms with Gasteiger partial charge < -0.3 is 10.1 Å². The lowest BCUT2D eigenvalue weighted by molar-refractivity contribution is -0.138. The van der Waals surface area contributed by atoms with E-state index in [1.54, 1.807) is 11.4 Å². The second-order valence-electron chi connectivity index (χ2n) is 6.06. The lowest BCUT2D eigenvalue weighted by Crippen LogP contribution is -2.50. The molecule has 0 bridgehead atoms. The number of amides is 1. The molecular formula is C18H17Cl2F3N2O4S. The normalized spacial score (nSPS) is 12.9. The largest absolute Gasteiger partial charge is 0.495 e. The summed E-state index contributed by atoms with van der Waals surface area (Å²) in [5, 5.41) is 1.75. The standard InChI is InChI=1S/C18H17Cl2F3N2O4S/c1-11(17(26)24-10-18(21,22)23)25(15-5-3-4-6-16(15)29-2)30(27,28)12-7-8-13(19)14(20)9-12/h3-9,11H,10H2,1-2H3,(H,24,26). The number of halogens is 5. The smallest absolute Gasteiger partial charge is 0.405 e. The van der Waals surface area contributed by atoms with Crippen LogP contribution in [0.25, 0.3) is 0 Å². The molecule has 1 unspecified atom stereocenters. The van der Waals surface area contributed by atoms with Crippen LogP contribution in [0.4, 0.5) is 18.9 Å². The Morgan fingerprint density at radius 2 is 1.80 bits per heavy atom. The summed E-state index contributed by atoms with van der Waals surface area (Å²) in [5.41, 5.74) is -0.0410. The second kappa shape index (κ2) is 9.32. The minimum atomic E-state index is -4.66. The van der Waals surface area contributed by atoms with Crippen molar-refractivity contribution in [3.63, 3.8) is 0 Å². The number of sulfonamides is 1. The fourth-order valence-electron chi connectivity index (χ4n) is 2.55. The van der Waals surface area contributed by atoms with Crippen molar-refractivity contribution >= 4 is 44.8 Å². The molecule has 0 aliphatic heterocycles. The third-order valence-corrected chi connectivity index (χ3v) is 6.58. The first-order chi connectivity index (χ1) is 13.9. The molecule has 0 saturated carbocycles. The Morgan fingerprint density at radius 1 is 1.17 bits per heavy atom. The van der Waals surface area contributed by atoms with Crippen LogP contribution in [0, 0.1) is 0 Å². The molecule has 0 heterocycles. The Balaban J connectivity index is 2.58. The molecule has 0 fully saturated rings. The number of carbonyl (C=O) groups is 1. The lowest BCUT2D eigenvalue weighted by Gasteiger charge is -2.31. The van der Waals surface area contributed by atoms with Gasteiger partial charge in [-0.05, 0) is 37.3 Å². The van der Waals surface area contributed by atoms with Gasteiger partial charge in [-0.2, -0.15) is 13.2 Å². The van der Waals surface area contributed by atoms with Crippen LogP contribution in [0.5, 0.6) is 5.75 Å². The summed E-state index contributed by atoms with van der Waals surface area (Å²) in [4.78, 5) is 12.1. The Kier molecular flexibility index (Phi) is 7.49. The summed E-state index contributed by atoms with van der Waals surface area (Å²) in [6.07, 6.45) is -4.66. The molecule has 1 amide bonds. The summed E-state index contributed by atoms with van der Waals surface area (Å²) in [7, 11) is -3.17. The van der Waals surface area contributed by atoms with E-state index in [2.05, 4.69) is 0 Å². The topological polar surface area (TPSA) is 75.7 Å². The highest BCUT2D eigenvalue weighted by Gasteiger charge is 2.37. The van der Waals surface area contributed by atoms with Crippen LogP contribution in [0.1, 0.15) is 6.92 Å². The average molecular weight is 485 g/mol. The van der Waals surface area contributed by atoms with E-state index in [-0.39, 0.29) is 26.4 Å². The van der Waals surface area contributed by atoms with E-state index < -0.39 is 34.7 Å². The zero-order chi connectivity index (χ0) is 22.7. The maximum Gasteiger partial charge on any atom is 0.405 e. The molecule has 1 atom stereocenters. The maximum absolute atomic E-state index is 13.4. The number of benzene rings is 2. The van der Waals surface area contributed by atoms with Crippen molar-refractivity contribution in [1.29, 1.82) is 0 Å². The first-order valence-electron chi connectivity index (χ1n) is 8.35. The van der Waals surface area contributed by atoms with Gasteiger partial charge in [0.05, 0.1) is 27.7 Å². The molecule has 2 aromatic carbocycles. The molecule has 0 saturated heterocycles. The highest BCUT2D eigenvalue weighted by Crippen LogP contribution is 2.35. The molecule has 2 rings (SSSR count). The van der Waals surface area contributed by atoms with E-state index in [0.717, 1.165) is 13.0 Å². The molecule has 6 nitrogen and oxygen atoms in total. The summed E-state index contributed by atoms with van der Waals surface area (Å²) in [6, 6.07) is 7.84. The number of rotatable bonds is 7. The highest BCUT2D eigenvalue weighted by atomic mass is 35.5. The minimum absolute atomic E-state index is 0.0410. The molecule has 1 N–H and O–H groups in total. The quantitative estimate of drug-likeness (QED) is 0.636. The number of ether oxygens (including phenoxy) is 1. The van der Waals surface area contributed by atoms with Crippen LogP contribution in [0.2, 0.25) is 10.0 Å². The molecule has 0 radical (unpaired) electrons. The van der Waals surface area contributed by atoms with Gasteiger partial charge in [0.15, 0.2) is 0 Å². The second-order valence-corrected chi connectivity index (χ2v) is 8.69. The Labute approximate surface area is 181 Å². The van der Waals surface area contributed by atoms with E-state index in [1.165, 1.54) is 37.4 Å². The van der Waals surface area contributed by atoms with Gasteiger partial charge in [0.25, 0.3) is 10.0 Å². The minimum Gasteiger partial charge on any atom is -0.495 e. The summed E-state index contributed by atoms with van der Waals surface area (Å²) in [5.74, 6) is -1.06. The number of hydrogen-bond donors (Lipinski definition) is 1. The van der Waals surface area contributed by atoms with Crippen LogP contribution in [-0.2, 0) is 14.8 Å². The fraction of sp³-hybridized carbons (Fsp3) is 0.278. The number of alkyl halides is 3. The van der Waals surface area contributed by atoms with E-state index in [9.17, 15) is 26.4 Å². The van der Waals surface area contributed by atoms with E-state index in [0.29, 0.717) is 4.31 Å². The maximum atomic E-state index is 13.4. The number of methoxy groups -OCH3 is 1. The van der Waals surface area contributed by atoms with Crippen molar-refractivity contribution in [3.05, 3.63) is 52.5 Å². The third kappa shape index (κ3) is 5.50. The van der Waals surface area contributed by atoms with Crippen LogP contribution >= 0.6 is 23.2 Å². The van der Waals surface area contributed by atoms with Gasteiger partial charge in [0, 0.05) is 0 Å². The number of nitrogens with one attached hydrogen (secondary N) is 1. The van der Waals surface area contributed by atoms with Gasteiger partial charge in [-0.25, -0.2) is 8.42 Å². The molecule has 12 heteroatoms. The number of carbonyl (C=O) groups excluding carboxylic acids is 1. The molecule has 164 valence electrons. The first kappa shape index (κ1) is 24.1. The number of nitrogens with zero attached hydrogens (tertiary/aromatic N) is 1. The van der Waals surface area contributed by atoms with Crippen molar-refractivity contribution in [2.45, 2.75) is 24.0 Å². The number of para-hydroxylation sites is 2. The van der Waals surface area contributed by atoms with Crippen LogP contribution in [0.3, 0.4) is 0 Å². The summed E-state index contributed by atoms with van der Waals surface area (Å²) >= 11 is 11.8. The zero-order valence-electron chi connectivity index (χ0n) is 15.7. The van der Waals surface area contributed by atoms with Crippen molar-refractivity contribution in [1.82, 2.24) is 5.32 Å². The molecule has 2 aromatic rings. The van der Waals surface area contributed by atoms with E-state index in [1.807, 2.05) is 0 Å². The van der Waals surface area contributed by atoms with Gasteiger partial charge in [0.1, 0.15) is 18.3 Å².